The Bertz CT molecular complexity index is 433. The van der Waals surface area contributed by atoms with Crippen molar-refractivity contribution in [1.29, 1.82) is 0 Å². The highest BCUT2D eigenvalue weighted by Crippen LogP contribution is 2.16. The number of nitrogens with one attached hydrogen (secondary N) is 1. The summed E-state index contributed by atoms with van der Waals surface area (Å²) in [5, 5.41) is 10.4. The number of halogens is 4. The zero-order valence-electron chi connectivity index (χ0n) is 9.88. The summed E-state index contributed by atoms with van der Waals surface area (Å²) in [6.45, 7) is 2.37. The van der Waals surface area contributed by atoms with E-state index in [4.69, 9.17) is 9.90 Å². The van der Waals surface area contributed by atoms with E-state index >= 15 is 0 Å². The van der Waals surface area contributed by atoms with E-state index in [1.165, 1.54) is 29.5 Å². The van der Waals surface area contributed by atoms with Gasteiger partial charge in [0.25, 0.3) is 0 Å². The first-order valence-electron chi connectivity index (χ1n) is 5.54. The van der Waals surface area contributed by atoms with Gasteiger partial charge in [-0.25, -0.2) is 4.79 Å². The van der Waals surface area contributed by atoms with Gasteiger partial charge in [-0.15, -0.1) is 0 Å². The quantitative estimate of drug-likeness (QED) is 0.871. The topological polar surface area (TPSA) is 49.3 Å². The first-order valence-corrected chi connectivity index (χ1v) is 6.33. The molecule has 0 bridgehead atoms. The van der Waals surface area contributed by atoms with Gasteiger partial charge in [0.05, 0.1) is 0 Å². The fraction of sp³-hybridized carbons (Fsp3) is 0.417. The van der Waals surface area contributed by atoms with Crippen LogP contribution in [0.15, 0.2) is 28.7 Å². The molecule has 0 atom stereocenters. The number of hydrogen-bond acceptors (Lipinski definition) is 2. The summed E-state index contributed by atoms with van der Waals surface area (Å²) in [4.78, 5) is 8.90. The average Bonchev–Trinajstić information content (AvgIpc) is 2.23. The Kier molecular flexibility index (Phi) is 5.81. The van der Waals surface area contributed by atoms with Crippen molar-refractivity contribution < 1.29 is 23.1 Å². The van der Waals surface area contributed by atoms with E-state index in [1.807, 2.05) is 0 Å². The molecular formula is C12H13BrF3NO2. The zero-order valence-corrected chi connectivity index (χ0v) is 11.5. The predicted octanol–water partition coefficient (Wildman–Crippen LogP) is 2.84. The molecule has 1 saturated heterocycles. The van der Waals surface area contributed by atoms with Gasteiger partial charge in [-0.3, -0.25) is 0 Å². The average molecular weight is 340 g/mol. The summed E-state index contributed by atoms with van der Waals surface area (Å²) in [6, 6.07) is 8.58. The lowest BCUT2D eigenvalue weighted by atomic mass is 9.95. The number of hydrogen-bond donors (Lipinski definition) is 2. The van der Waals surface area contributed by atoms with Crippen molar-refractivity contribution in [3.05, 3.63) is 34.3 Å². The van der Waals surface area contributed by atoms with Crippen LogP contribution in [0.25, 0.3) is 0 Å². The molecule has 3 nitrogen and oxygen atoms in total. The van der Waals surface area contributed by atoms with Crippen molar-refractivity contribution in [3.63, 3.8) is 0 Å². The van der Waals surface area contributed by atoms with Gasteiger partial charge in [0.2, 0.25) is 0 Å². The molecule has 0 radical (unpaired) electrons. The van der Waals surface area contributed by atoms with Gasteiger partial charge in [0.15, 0.2) is 0 Å². The summed E-state index contributed by atoms with van der Waals surface area (Å²) >= 11 is 3.48. The largest absolute Gasteiger partial charge is 0.490 e. The Morgan fingerprint density at radius 2 is 2.00 bits per heavy atom. The third kappa shape index (κ3) is 6.07. The second kappa shape index (κ2) is 6.91. The van der Waals surface area contributed by atoms with E-state index in [0.29, 0.717) is 0 Å². The Labute approximate surface area is 116 Å². The third-order valence-electron chi connectivity index (χ3n) is 2.52. The molecule has 0 aliphatic carbocycles. The van der Waals surface area contributed by atoms with Crippen molar-refractivity contribution in [2.24, 2.45) is 5.92 Å². The molecule has 7 heteroatoms. The molecule has 2 N–H and O–H groups in total. The maximum atomic E-state index is 10.6. The monoisotopic (exact) mass is 339 g/mol. The lowest BCUT2D eigenvalue weighted by Gasteiger charge is -2.27. The summed E-state index contributed by atoms with van der Waals surface area (Å²) in [7, 11) is 0. The van der Waals surface area contributed by atoms with Crippen LogP contribution in [0.4, 0.5) is 13.2 Å². The molecular weight excluding hydrogens is 327 g/mol. The number of alkyl halides is 3. The Balaban J connectivity index is 0.000000224. The first-order chi connectivity index (χ1) is 8.79. The zero-order chi connectivity index (χ0) is 14.5. The molecule has 1 aliphatic heterocycles. The van der Waals surface area contributed by atoms with E-state index in [9.17, 15) is 13.2 Å². The SMILES string of the molecule is Brc1cccc(CC2CNC2)c1.O=C(O)C(F)(F)F. The van der Waals surface area contributed by atoms with E-state index in [-0.39, 0.29) is 0 Å². The highest BCUT2D eigenvalue weighted by atomic mass is 79.9. The summed E-state index contributed by atoms with van der Waals surface area (Å²) in [5.41, 5.74) is 1.44. The van der Waals surface area contributed by atoms with Crippen LogP contribution in [-0.2, 0) is 11.2 Å². The van der Waals surface area contributed by atoms with Crippen molar-refractivity contribution in [2.45, 2.75) is 12.6 Å². The second-order valence-electron chi connectivity index (χ2n) is 4.16. The number of rotatable bonds is 2. The van der Waals surface area contributed by atoms with Crippen LogP contribution >= 0.6 is 15.9 Å². The standard InChI is InChI=1S/C10H12BrN.C2HF3O2/c11-10-3-1-2-8(5-10)4-9-6-12-7-9;3-2(4,5)1(6)7/h1-3,5,9,12H,4,6-7H2;(H,6,7). The smallest absolute Gasteiger partial charge is 0.475 e. The van der Waals surface area contributed by atoms with Gasteiger partial charge in [-0.2, -0.15) is 13.2 Å². The molecule has 1 heterocycles. The number of carboxylic acids is 1. The maximum absolute atomic E-state index is 10.6. The molecule has 1 aliphatic rings. The van der Waals surface area contributed by atoms with Gasteiger partial charge in [0, 0.05) is 4.47 Å². The molecule has 0 saturated carbocycles. The number of benzene rings is 1. The van der Waals surface area contributed by atoms with Crippen LogP contribution < -0.4 is 5.32 Å². The summed E-state index contributed by atoms with van der Waals surface area (Å²) in [6.07, 6.45) is -3.87. The summed E-state index contributed by atoms with van der Waals surface area (Å²) in [5.74, 6) is -1.90. The van der Waals surface area contributed by atoms with E-state index in [2.05, 4.69) is 45.5 Å². The molecule has 0 spiro atoms. The van der Waals surface area contributed by atoms with E-state index < -0.39 is 12.1 Å². The third-order valence-corrected chi connectivity index (χ3v) is 3.02. The van der Waals surface area contributed by atoms with Crippen molar-refractivity contribution in [2.75, 3.05) is 13.1 Å². The summed E-state index contributed by atoms with van der Waals surface area (Å²) < 4.78 is 32.9. The molecule has 1 fully saturated rings. The maximum Gasteiger partial charge on any atom is 0.490 e. The lowest BCUT2D eigenvalue weighted by molar-refractivity contribution is -0.192. The molecule has 19 heavy (non-hydrogen) atoms. The molecule has 106 valence electrons. The predicted molar refractivity (Wildman–Crippen MR) is 67.9 cm³/mol. The van der Waals surface area contributed by atoms with Gasteiger partial charge in [-0.1, -0.05) is 28.1 Å². The molecule has 0 unspecified atom stereocenters. The second-order valence-corrected chi connectivity index (χ2v) is 5.08. The molecule has 0 aromatic heterocycles. The van der Waals surface area contributed by atoms with Crippen LogP contribution in [0.2, 0.25) is 0 Å². The van der Waals surface area contributed by atoms with Crippen LogP contribution in [0, 0.1) is 5.92 Å². The van der Waals surface area contributed by atoms with Crippen molar-refractivity contribution >= 4 is 21.9 Å². The fourth-order valence-electron chi connectivity index (χ4n) is 1.49. The Hall–Kier alpha value is -1.08. The number of aliphatic carboxylic acids is 1. The van der Waals surface area contributed by atoms with Crippen molar-refractivity contribution in [1.82, 2.24) is 5.32 Å². The fourth-order valence-corrected chi connectivity index (χ4v) is 1.94. The van der Waals surface area contributed by atoms with Gasteiger partial charge < -0.3 is 10.4 Å². The lowest BCUT2D eigenvalue weighted by Crippen LogP contribution is -2.43. The minimum atomic E-state index is -5.08. The Morgan fingerprint density at radius 3 is 2.37 bits per heavy atom. The van der Waals surface area contributed by atoms with Gasteiger partial charge in [-0.05, 0) is 43.1 Å². The van der Waals surface area contributed by atoms with Crippen LogP contribution in [-0.4, -0.2) is 30.3 Å². The minimum Gasteiger partial charge on any atom is -0.475 e. The molecule has 0 amide bonds. The number of carboxylic acid groups (broad SMARTS) is 1. The molecule has 1 aromatic carbocycles. The van der Waals surface area contributed by atoms with Gasteiger partial charge >= 0.3 is 12.1 Å². The Morgan fingerprint density at radius 1 is 1.42 bits per heavy atom. The van der Waals surface area contributed by atoms with E-state index in [1.54, 1.807) is 0 Å². The number of carbonyl (C=O) groups is 1. The van der Waals surface area contributed by atoms with E-state index in [0.717, 1.165) is 5.92 Å². The molecule has 2 rings (SSSR count). The highest BCUT2D eigenvalue weighted by Gasteiger charge is 2.38. The minimum absolute atomic E-state index is 0.860. The van der Waals surface area contributed by atoms with Crippen LogP contribution in [0.5, 0.6) is 0 Å². The normalized spacial score (nSPS) is 15.2. The van der Waals surface area contributed by atoms with Crippen LogP contribution in [0.3, 0.4) is 0 Å². The van der Waals surface area contributed by atoms with Crippen molar-refractivity contribution in [3.8, 4) is 0 Å². The first kappa shape index (κ1) is 16.0. The highest BCUT2D eigenvalue weighted by molar-refractivity contribution is 9.10. The van der Waals surface area contributed by atoms with Crippen LogP contribution in [0.1, 0.15) is 5.56 Å². The molecule has 1 aromatic rings. The van der Waals surface area contributed by atoms with Gasteiger partial charge in [0.1, 0.15) is 0 Å².